The van der Waals surface area contributed by atoms with E-state index in [2.05, 4.69) is 11.9 Å². The first-order valence-electron chi connectivity index (χ1n) is 4.99. The van der Waals surface area contributed by atoms with E-state index in [0.29, 0.717) is 19.4 Å². The van der Waals surface area contributed by atoms with E-state index in [-0.39, 0.29) is 25.0 Å². The number of nitrogens with zero attached hydrogens (tertiary/aromatic N) is 1. The molecule has 5 heteroatoms. The molecule has 1 saturated heterocycles. The molecule has 0 saturated carbocycles. The lowest BCUT2D eigenvalue weighted by molar-refractivity contribution is -0.134. The second-order valence-corrected chi connectivity index (χ2v) is 3.46. The summed E-state index contributed by atoms with van der Waals surface area (Å²) in [7, 11) is 0. The molecule has 0 aromatic carbocycles. The minimum Gasteiger partial charge on any atom is -0.395 e. The van der Waals surface area contributed by atoms with Gasteiger partial charge in [-0.15, -0.1) is 6.58 Å². The number of rotatable bonds is 5. The van der Waals surface area contributed by atoms with Crippen LogP contribution >= 0.6 is 0 Å². The predicted octanol–water partition coefficient (Wildman–Crippen LogP) is -0.728. The van der Waals surface area contributed by atoms with Crippen LogP contribution in [0, 0.1) is 0 Å². The van der Waals surface area contributed by atoms with E-state index in [1.54, 1.807) is 6.08 Å². The summed E-state index contributed by atoms with van der Waals surface area (Å²) in [6, 6.07) is -0.427. The summed E-state index contributed by atoms with van der Waals surface area (Å²) in [6.07, 6.45) is 2.54. The van der Waals surface area contributed by atoms with Gasteiger partial charge in [-0.25, -0.2) is 0 Å². The third-order valence-corrected chi connectivity index (χ3v) is 2.32. The molecule has 0 aromatic rings. The number of carbonyl (C=O) groups excluding carboxylic acids is 2. The summed E-state index contributed by atoms with van der Waals surface area (Å²) in [5.74, 6) is -0.231. The quantitative estimate of drug-likeness (QED) is 0.590. The van der Waals surface area contributed by atoms with Gasteiger partial charge in [-0.2, -0.15) is 0 Å². The lowest BCUT2D eigenvalue weighted by atomic mass is 10.2. The second kappa shape index (κ2) is 5.50. The molecular weight excluding hydrogens is 196 g/mol. The molecule has 1 rings (SSSR count). The third-order valence-electron chi connectivity index (χ3n) is 2.32. The van der Waals surface area contributed by atoms with Crippen molar-refractivity contribution < 1.29 is 14.7 Å². The Labute approximate surface area is 88.8 Å². The van der Waals surface area contributed by atoms with Crippen LogP contribution in [0.15, 0.2) is 12.7 Å². The van der Waals surface area contributed by atoms with E-state index in [1.807, 2.05) is 0 Å². The van der Waals surface area contributed by atoms with E-state index >= 15 is 0 Å². The molecule has 1 fully saturated rings. The molecule has 1 aliphatic rings. The molecule has 15 heavy (non-hydrogen) atoms. The van der Waals surface area contributed by atoms with Crippen LogP contribution in [0.5, 0.6) is 0 Å². The summed E-state index contributed by atoms with van der Waals surface area (Å²) < 4.78 is 0. The van der Waals surface area contributed by atoms with E-state index in [9.17, 15) is 9.59 Å². The summed E-state index contributed by atoms with van der Waals surface area (Å²) in [5, 5.41) is 11.4. The number of hydrogen-bond acceptors (Lipinski definition) is 3. The van der Waals surface area contributed by atoms with Crippen LogP contribution in [0.2, 0.25) is 0 Å². The van der Waals surface area contributed by atoms with Crippen molar-refractivity contribution in [2.75, 3.05) is 19.7 Å². The molecule has 2 amide bonds. The zero-order chi connectivity index (χ0) is 11.3. The van der Waals surface area contributed by atoms with Gasteiger partial charge >= 0.3 is 0 Å². The van der Waals surface area contributed by atoms with Crippen molar-refractivity contribution in [1.29, 1.82) is 0 Å². The lowest BCUT2D eigenvalue weighted by Gasteiger charge is -2.23. The van der Waals surface area contributed by atoms with Crippen LogP contribution in [-0.4, -0.2) is 47.6 Å². The van der Waals surface area contributed by atoms with E-state index in [4.69, 9.17) is 5.11 Å². The summed E-state index contributed by atoms with van der Waals surface area (Å²) >= 11 is 0. The Bertz CT molecular complexity index is 265. The number of hydrogen-bond donors (Lipinski definition) is 2. The number of nitrogens with one attached hydrogen (secondary N) is 1. The maximum atomic E-state index is 11.8. The number of aliphatic hydroxyl groups excluding tert-OH is 1. The van der Waals surface area contributed by atoms with Crippen molar-refractivity contribution in [2.24, 2.45) is 0 Å². The predicted molar refractivity (Wildman–Crippen MR) is 55.0 cm³/mol. The van der Waals surface area contributed by atoms with Gasteiger partial charge in [0.2, 0.25) is 11.8 Å². The number of carbonyl (C=O) groups is 2. The molecule has 1 heterocycles. The van der Waals surface area contributed by atoms with Gasteiger partial charge < -0.3 is 15.3 Å². The Morgan fingerprint density at radius 2 is 2.47 bits per heavy atom. The smallest absolute Gasteiger partial charge is 0.245 e. The first kappa shape index (κ1) is 11.7. The maximum absolute atomic E-state index is 11.8. The summed E-state index contributed by atoms with van der Waals surface area (Å²) in [5.41, 5.74) is 0. The topological polar surface area (TPSA) is 69.6 Å². The van der Waals surface area contributed by atoms with Crippen molar-refractivity contribution in [3.05, 3.63) is 12.7 Å². The first-order valence-corrected chi connectivity index (χ1v) is 4.99. The van der Waals surface area contributed by atoms with Crippen molar-refractivity contribution in [3.8, 4) is 0 Å². The van der Waals surface area contributed by atoms with Crippen LogP contribution in [0.4, 0.5) is 0 Å². The fourth-order valence-corrected chi connectivity index (χ4v) is 1.59. The molecule has 5 nitrogen and oxygen atoms in total. The van der Waals surface area contributed by atoms with Gasteiger partial charge in [0, 0.05) is 19.5 Å². The van der Waals surface area contributed by atoms with Gasteiger partial charge in [0.1, 0.15) is 6.04 Å². The van der Waals surface area contributed by atoms with E-state index in [0.717, 1.165) is 0 Å². The Hall–Kier alpha value is -1.36. The Morgan fingerprint density at radius 1 is 1.73 bits per heavy atom. The van der Waals surface area contributed by atoms with Gasteiger partial charge in [0.05, 0.1) is 6.61 Å². The van der Waals surface area contributed by atoms with Crippen LogP contribution in [0.1, 0.15) is 12.8 Å². The molecule has 0 radical (unpaired) electrons. The molecule has 2 N–H and O–H groups in total. The zero-order valence-electron chi connectivity index (χ0n) is 8.61. The van der Waals surface area contributed by atoms with Crippen molar-refractivity contribution in [1.82, 2.24) is 10.2 Å². The highest BCUT2D eigenvalue weighted by Gasteiger charge is 2.29. The molecule has 0 bridgehead atoms. The monoisotopic (exact) mass is 212 g/mol. The molecule has 84 valence electrons. The Morgan fingerprint density at radius 3 is 2.93 bits per heavy atom. The van der Waals surface area contributed by atoms with Crippen LogP contribution < -0.4 is 5.32 Å². The molecule has 0 aromatic heterocycles. The maximum Gasteiger partial charge on any atom is 0.245 e. The Kier molecular flexibility index (Phi) is 4.30. The van der Waals surface area contributed by atoms with E-state index in [1.165, 1.54) is 4.90 Å². The molecule has 1 atom stereocenters. The number of aliphatic hydroxyl groups is 1. The summed E-state index contributed by atoms with van der Waals surface area (Å²) in [6.45, 7) is 4.13. The minimum absolute atomic E-state index is 0.0831. The molecule has 0 spiro atoms. The average Bonchev–Trinajstić information content (AvgIpc) is 2.63. The molecule has 0 unspecified atom stereocenters. The second-order valence-electron chi connectivity index (χ2n) is 3.46. The number of amides is 2. The minimum atomic E-state index is -0.427. The van der Waals surface area contributed by atoms with Crippen LogP contribution in [-0.2, 0) is 9.59 Å². The van der Waals surface area contributed by atoms with Gasteiger partial charge in [-0.05, 0) is 6.42 Å². The van der Waals surface area contributed by atoms with E-state index < -0.39 is 6.04 Å². The highest BCUT2D eigenvalue weighted by molar-refractivity contribution is 5.90. The van der Waals surface area contributed by atoms with Gasteiger partial charge in [-0.1, -0.05) is 6.08 Å². The normalized spacial score (nSPS) is 19.8. The van der Waals surface area contributed by atoms with Crippen molar-refractivity contribution in [3.63, 3.8) is 0 Å². The standard InChI is InChI=1S/C10H16N2O3/c1-2-5-12(6-7-13)10(15)8-3-4-9(14)11-8/h2,8,13H,1,3-7H2,(H,11,14)/t8-/m0/s1. The summed E-state index contributed by atoms with van der Waals surface area (Å²) in [4.78, 5) is 24.3. The fourth-order valence-electron chi connectivity index (χ4n) is 1.59. The van der Waals surface area contributed by atoms with Crippen LogP contribution in [0.3, 0.4) is 0 Å². The SMILES string of the molecule is C=CCN(CCO)C(=O)[C@@H]1CCC(=O)N1. The zero-order valence-corrected chi connectivity index (χ0v) is 8.61. The van der Waals surface area contributed by atoms with Gasteiger partial charge in [0.15, 0.2) is 0 Å². The lowest BCUT2D eigenvalue weighted by Crippen LogP contribution is -2.45. The first-order chi connectivity index (χ1) is 7.19. The molecule has 0 aliphatic carbocycles. The third kappa shape index (κ3) is 3.06. The highest BCUT2D eigenvalue weighted by atomic mass is 16.3. The average molecular weight is 212 g/mol. The Balaban J connectivity index is 2.54. The molecule has 1 aliphatic heterocycles. The van der Waals surface area contributed by atoms with Gasteiger partial charge in [0.25, 0.3) is 0 Å². The van der Waals surface area contributed by atoms with Crippen LogP contribution in [0.25, 0.3) is 0 Å². The highest BCUT2D eigenvalue weighted by Crippen LogP contribution is 2.09. The largest absolute Gasteiger partial charge is 0.395 e. The molecular formula is C10H16N2O3. The van der Waals surface area contributed by atoms with Crippen molar-refractivity contribution in [2.45, 2.75) is 18.9 Å². The van der Waals surface area contributed by atoms with Gasteiger partial charge in [-0.3, -0.25) is 9.59 Å². The van der Waals surface area contributed by atoms with Crippen molar-refractivity contribution >= 4 is 11.8 Å². The fraction of sp³-hybridized carbons (Fsp3) is 0.600.